The molecule has 0 radical (unpaired) electrons. The standard InChI is InChI=1S/C12H20N4O2/c1-8-4-5-16(7-10(8)17)12-15-14-11(18-12)6-13-9-2-3-9/h8-10,13,17H,2-7H2,1H3. The summed E-state index contributed by atoms with van der Waals surface area (Å²) in [7, 11) is 0. The lowest BCUT2D eigenvalue weighted by Crippen LogP contribution is -2.43. The normalized spacial score (nSPS) is 28.7. The Morgan fingerprint density at radius 3 is 2.94 bits per heavy atom. The molecule has 2 aliphatic rings. The molecule has 0 aromatic carbocycles. The Hall–Kier alpha value is -1.14. The van der Waals surface area contributed by atoms with Crippen LogP contribution in [0.1, 0.15) is 32.1 Å². The molecule has 3 rings (SSSR count). The first-order valence-electron chi connectivity index (χ1n) is 6.71. The number of nitrogens with one attached hydrogen (secondary N) is 1. The van der Waals surface area contributed by atoms with Crippen LogP contribution in [0, 0.1) is 5.92 Å². The van der Waals surface area contributed by atoms with E-state index in [-0.39, 0.29) is 6.10 Å². The second-order valence-electron chi connectivity index (χ2n) is 5.41. The first-order chi connectivity index (χ1) is 8.72. The lowest BCUT2D eigenvalue weighted by molar-refractivity contribution is 0.101. The van der Waals surface area contributed by atoms with E-state index in [4.69, 9.17) is 4.42 Å². The molecule has 1 saturated heterocycles. The fraction of sp³-hybridized carbons (Fsp3) is 0.833. The van der Waals surface area contributed by atoms with Crippen LogP contribution < -0.4 is 10.2 Å². The van der Waals surface area contributed by atoms with Crippen molar-refractivity contribution < 1.29 is 9.52 Å². The predicted octanol–water partition coefficient (Wildman–Crippen LogP) is 0.529. The van der Waals surface area contributed by atoms with Crippen molar-refractivity contribution in [3.63, 3.8) is 0 Å². The van der Waals surface area contributed by atoms with Gasteiger partial charge in [-0.25, -0.2) is 0 Å². The summed E-state index contributed by atoms with van der Waals surface area (Å²) >= 11 is 0. The summed E-state index contributed by atoms with van der Waals surface area (Å²) in [5, 5.41) is 21.3. The highest BCUT2D eigenvalue weighted by atomic mass is 16.4. The minimum absolute atomic E-state index is 0.307. The van der Waals surface area contributed by atoms with E-state index in [1.54, 1.807) is 0 Å². The Labute approximate surface area is 106 Å². The van der Waals surface area contributed by atoms with Gasteiger partial charge in [-0.2, -0.15) is 0 Å². The first-order valence-corrected chi connectivity index (χ1v) is 6.71. The minimum Gasteiger partial charge on any atom is -0.407 e. The van der Waals surface area contributed by atoms with Gasteiger partial charge in [-0.3, -0.25) is 0 Å². The second kappa shape index (κ2) is 4.85. The zero-order valence-electron chi connectivity index (χ0n) is 10.7. The lowest BCUT2D eigenvalue weighted by Gasteiger charge is -2.32. The van der Waals surface area contributed by atoms with Gasteiger partial charge in [-0.15, -0.1) is 5.10 Å². The number of anilines is 1. The van der Waals surface area contributed by atoms with Crippen molar-refractivity contribution in [2.45, 2.75) is 44.9 Å². The summed E-state index contributed by atoms with van der Waals surface area (Å²) in [6, 6.07) is 1.17. The van der Waals surface area contributed by atoms with Crippen molar-refractivity contribution in [1.29, 1.82) is 0 Å². The molecule has 2 fully saturated rings. The van der Waals surface area contributed by atoms with Crippen LogP contribution >= 0.6 is 0 Å². The summed E-state index contributed by atoms with van der Waals surface area (Å²) in [6.07, 6.45) is 3.15. The minimum atomic E-state index is -0.307. The number of rotatable bonds is 4. The van der Waals surface area contributed by atoms with Crippen molar-refractivity contribution in [3.8, 4) is 0 Å². The maximum absolute atomic E-state index is 9.86. The molecule has 2 N–H and O–H groups in total. The monoisotopic (exact) mass is 252 g/mol. The molecule has 1 aliphatic heterocycles. The smallest absolute Gasteiger partial charge is 0.318 e. The maximum atomic E-state index is 9.86. The van der Waals surface area contributed by atoms with E-state index in [1.807, 2.05) is 4.90 Å². The van der Waals surface area contributed by atoms with E-state index in [9.17, 15) is 5.11 Å². The molecule has 6 heteroatoms. The van der Waals surface area contributed by atoms with Crippen LogP contribution in [-0.4, -0.2) is 40.5 Å². The Balaban J connectivity index is 1.58. The topological polar surface area (TPSA) is 74.4 Å². The van der Waals surface area contributed by atoms with E-state index in [1.165, 1.54) is 12.8 Å². The highest BCUT2D eigenvalue weighted by Gasteiger charge is 2.27. The van der Waals surface area contributed by atoms with Crippen LogP contribution in [0.5, 0.6) is 0 Å². The molecule has 2 atom stereocenters. The molecule has 0 spiro atoms. The zero-order valence-corrected chi connectivity index (χ0v) is 10.7. The van der Waals surface area contributed by atoms with Gasteiger partial charge in [-0.1, -0.05) is 12.0 Å². The van der Waals surface area contributed by atoms with E-state index in [0.717, 1.165) is 13.0 Å². The first kappa shape index (κ1) is 11.9. The van der Waals surface area contributed by atoms with Crippen LogP contribution in [0.3, 0.4) is 0 Å². The summed E-state index contributed by atoms with van der Waals surface area (Å²) in [6.45, 7) is 4.17. The number of nitrogens with zero attached hydrogens (tertiary/aromatic N) is 3. The third kappa shape index (κ3) is 2.64. The predicted molar refractivity (Wildman–Crippen MR) is 66.2 cm³/mol. The molecule has 1 saturated carbocycles. The Morgan fingerprint density at radius 2 is 2.22 bits per heavy atom. The number of β-amino-alcohol motifs (C(OH)–C–C–N with tert-alkyl or cyclic N) is 1. The summed E-state index contributed by atoms with van der Waals surface area (Å²) in [4.78, 5) is 1.97. The molecule has 1 aliphatic carbocycles. The lowest BCUT2D eigenvalue weighted by atomic mass is 9.96. The quantitative estimate of drug-likeness (QED) is 0.814. The van der Waals surface area contributed by atoms with Gasteiger partial charge in [0.25, 0.3) is 0 Å². The summed E-state index contributed by atoms with van der Waals surface area (Å²) < 4.78 is 5.61. The van der Waals surface area contributed by atoms with Gasteiger partial charge in [-0.05, 0) is 25.2 Å². The molecule has 0 bridgehead atoms. The number of aliphatic hydroxyl groups excluding tert-OH is 1. The third-order valence-corrected chi connectivity index (χ3v) is 3.76. The molecule has 1 aromatic rings. The van der Waals surface area contributed by atoms with Crippen molar-refractivity contribution in [1.82, 2.24) is 15.5 Å². The number of hydrogen-bond acceptors (Lipinski definition) is 6. The maximum Gasteiger partial charge on any atom is 0.318 e. The van der Waals surface area contributed by atoms with Crippen molar-refractivity contribution in [3.05, 3.63) is 5.89 Å². The van der Waals surface area contributed by atoms with Gasteiger partial charge in [0, 0.05) is 19.1 Å². The second-order valence-corrected chi connectivity index (χ2v) is 5.41. The molecule has 0 amide bonds. The van der Waals surface area contributed by atoms with Gasteiger partial charge < -0.3 is 19.7 Å². The van der Waals surface area contributed by atoms with Gasteiger partial charge in [0.15, 0.2) is 0 Å². The van der Waals surface area contributed by atoms with E-state index >= 15 is 0 Å². The van der Waals surface area contributed by atoms with Crippen molar-refractivity contribution in [2.75, 3.05) is 18.0 Å². The van der Waals surface area contributed by atoms with Gasteiger partial charge in [0.2, 0.25) is 5.89 Å². The molecule has 18 heavy (non-hydrogen) atoms. The van der Waals surface area contributed by atoms with Gasteiger partial charge in [0.05, 0.1) is 12.6 Å². The largest absolute Gasteiger partial charge is 0.407 e. The third-order valence-electron chi connectivity index (χ3n) is 3.76. The van der Waals surface area contributed by atoms with Crippen molar-refractivity contribution in [2.24, 2.45) is 5.92 Å². The summed E-state index contributed by atoms with van der Waals surface area (Å²) in [5.74, 6) is 0.977. The van der Waals surface area contributed by atoms with Gasteiger partial charge in [0.1, 0.15) is 0 Å². The van der Waals surface area contributed by atoms with E-state index < -0.39 is 0 Å². The Kier molecular flexibility index (Phi) is 3.22. The van der Waals surface area contributed by atoms with Crippen LogP contribution in [0.4, 0.5) is 6.01 Å². The Morgan fingerprint density at radius 1 is 1.39 bits per heavy atom. The molecule has 2 unspecified atom stereocenters. The highest BCUT2D eigenvalue weighted by Crippen LogP contribution is 2.23. The molecular formula is C12H20N4O2. The van der Waals surface area contributed by atoms with Gasteiger partial charge >= 0.3 is 6.01 Å². The van der Waals surface area contributed by atoms with Crippen LogP contribution in [0.2, 0.25) is 0 Å². The average Bonchev–Trinajstić information content (AvgIpc) is 3.08. The molecule has 1 aromatic heterocycles. The van der Waals surface area contributed by atoms with E-state index in [2.05, 4.69) is 22.4 Å². The van der Waals surface area contributed by atoms with E-state index in [0.29, 0.717) is 37.0 Å². The number of aromatic nitrogens is 2. The average molecular weight is 252 g/mol. The molecule has 6 nitrogen and oxygen atoms in total. The van der Waals surface area contributed by atoms with Crippen LogP contribution in [0.25, 0.3) is 0 Å². The van der Waals surface area contributed by atoms with Crippen LogP contribution in [-0.2, 0) is 6.54 Å². The van der Waals surface area contributed by atoms with Crippen LogP contribution in [0.15, 0.2) is 4.42 Å². The molecular weight excluding hydrogens is 232 g/mol. The molecule has 2 heterocycles. The number of aliphatic hydroxyl groups is 1. The highest BCUT2D eigenvalue weighted by molar-refractivity contribution is 5.25. The summed E-state index contributed by atoms with van der Waals surface area (Å²) in [5.41, 5.74) is 0. The fourth-order valence-electron chi connectivity index (χ4n) is 2.19. The fourth-order valence-corrected chi connectivity index (χ4v) is 2.19. The zero-order chi connectivity index (χ0) is 12.5. The Bertz CT molecular complexity index is 405. The van der Waals surface area contributed by atoms with Crippen molar-refractivity contribution >= 4 is 6.01 Å². The SMILES string of the molecule is CC1CCN(c2nnc(CNC3CC3)o2)CC1O. The molecule has 100 valence electrons. The number of hydrogen-bond donors (Lipinski definition) is 2. The number of piperidine rings is 1.